The quantitative estimate of drug-likeness (QED) is 0.857. The van der Waals surface area contributed by atoms with Gasteiger partial charge in [0.1, 0.15) is 5.75 Å². The molecular weight excluding hydrogens is 294 g/mol. The summed E-state index contributed by atoms with van der Waals surface area (Å²) in [6.07, 6.45) is 2.06. The maximum atomic E-state index is 5.96. The SMILES string of the molecule is CONC1CCCOc2c(C(C)C)cc(Br)cc21. The van der Waals surface area contributed by atoms with Crippen molar-refractivity contribution < 1.29 is 9.57 Å². The van der Waals surface area contributed by atoms with Gasteiger partial charge < -0.3 is 9.57 Å². The van der Waals surface area contributed by atoms with Crippen LogP contribution >= 0.6 is 15.9 Å². The normalized spacial score (nSPS) is 19.3. The molecule has 18 heavy (non-hydrogen) atoms. The monoisotopic (exact) mass is 313 g/mol. The molecule has 1 aromatic rings. The first kappa shape index (κ1) is 13.8. The number of hydroxylamine groups is 1. The third-order valence-corrected chi connectivity index (χ3v) is 3.71. The smallest absolute Gasteiger partial charge is 0.127 e. The number of rotatable bonds is 3. The highest BCUT2D eigenvalue weighted by Crippen LogP contribution is 2.39. The Morgan fingerprint density at radius 2 is 2.22 bits per heavy atom. The van der Waals surface area contributed by atoms with Crippen LogP contribution in [0.25, 0.3) is 0 Å². The number of hydrogen-bond donors (Lipinski definition) is 1. The summed E-state index contributed by atoms with van der Waals surface area (Å²) >= 11 is 3.59. The van der Waals surface area contributed by atoms with E-state index in [-0.39, 0.29) is 6.04 Å². The molecule has 0 bridgehead atoms. The van der Waals surface area contributed by atoms with Crippen molar-refractivity contribution in [1.29, 1.82) is 0 Å². The largest absolute Gasteiger partial charge is 0.493 e. The van der Waals surface area contributed by atoms with Gasteiger partial charge in [-0.1, -0.05) is 29.8 Å². The zero-order chi connectivity index (χ0) is 13.1. The number of nitrogens with one attached hydrogen (secondary N) is 1. The summed E-state index contributed by atoms with van der Waals surface area (Å²) in [5, 5.41) is 0. The zero-order valence-electron chi connectivity index (χ0n) is 11.1. The van der Waals surface area contributed by atoms with E-state index in [4.69, 9.17) is 9.57 Å². The van der Waals surface area contributed by atoms with Gasteiger partial charge in [0.2, 0.25) is 0 Å². The van der Waals surface area contributed by atoms with Gasteiger partial charge in [-0.15, -0.1) is 0 Å². The molecule has 2 rings (SSSR count). The first-order valence-electron chi connectivity index (χ1n) is 6.38. The highest BCUT2D eigenvalue weighted by atomic mass is 79.9. The first-order chi connectivity index (χ1) is 8.63. The third kappa shape index (κ3) is 2.87. The van der Waals surface area contributed by atoms with Crippen LogP contribution in [-0.4, -0.2) is 13.7 Å². The minimum absolute atomic E-state index is 0.197. The van der Waals surface area contributed by atoms with Gasteiger partial charge in [-0.25, -0.2) is 0 Å². The molecule has 0 aliphatic carbocycles. The predicted molar refractivity (Wildman–Crippen MR) is 75.8 cm³/mol. The molecule has 0 saturated carbocycles. The van der Waals surface area contributed by atoms with Crippen molar-refractivity contribution in [1.82, 2.24) is 5.48 Å². The summed E-state index contributed by atoms with van der Waals surface area (Å²) in [7, 11) is 1.66. The summed E-state index contributed by atoms with van der Waals surface area (Å²) < 4.78 is 7.05. The number of fused-ring (bicyclic) bond motifs is 1. The summed E-state index contributed by atoms with van der Waals surface area (Å²) in [6.45, 7) is 5.15. The van der Waals surface area contributed by atoms with Crippen LogP contribution in [0.15, 0.2) is 16.6 Å². The molecule has 0 saturated heterocycles. The fourth-order valence-electron chi connectivity index (χ4n) is 2.37. The van der Waals surface area contributed by atoms with Crippen molar-refractivity contribution in [3.8, 4) is 5.75 Å². The van der Waals surface area contributed by atoms with E-state index in [0.29, 0.717) is 5.92 Å². The molecule has 0 fully saturated rings. The minimum Gasteiger partial charge on any atom is -0.493 e. The lowest BCUT2D eigenvalue weighted by Crippen LogP contribution is -2.19. The van der Waals surface area contributed by atoms with E-state index in [0.717, 1.165) is 29.7 Å². The van der Waals surface area contributed by atoms with Crippen molar-refractivity contribution in [3.63, 3.8) is 0 Å². The number of hydrogen-bond acceptors (Lipinski definition) is 3. The predicted octanol–water partition coefficient (Wildman–Crippen LogP) is 3.94. The topological polar surface area (TPSA) is 30.5 Å². The minimum atomic E-state index is 0.197. The van der Waals surface area contributed by atoms with Gasteiger partial charge in [0.25, 0.3) is 0 Å². The van der Waals surface area contributed by atoms with Crippen LogP contribution < -0.4 is 10.2 Å². The Labute approximate surface area is 117 Å². The summed E-state index contributed by atoms with van der Waals surface area (Å²) in [5.74, 6) is 1.47. The van der Waals surface area contributed by atoms with E-state index in [1.807, 2.05) is 0 Å². The lowest BCUT2D eigenvalue weighted by molar-refractivity contribution is 0.0579. The number of benzene rings is 1. The highest BCUT2D eigenvalue weighted by molar-refractivity contribution is 9.10. The second-order valence-corrected chi connectivity index (χ2v) is 5.85. The van der Waals surface area contributed by atoms with Crippen LogP contribution in [0, 0.1) is 0 Å². The van der Waals surface area contributed by atoms with Crippen LogP contribution in [0.4, 0.5) is 0 Å². The van der Waals surface area contributed by atoms with Gasteiger partial charge in [0.05, 0.1) is 19.8 Å². The molecule has 100 valence electrons. The van der Waals surface area contributed by atoms with Crippen molar-refractivity contribution in [3.05, 3.63) is 27.7 Å². The van der Waals surface area contributed by atoms with Crippen LogP contribution in [-0.2, 0) is 4.84 Å². The highest BCUT2D eigenvalue weighted by Gasteiger charge is 2.23. The summed E-state index contributed by atoms with van der Waals surface area (Å²) in [6, 6.07) is 4.48. The average Bonchev–Trinajstić information content (AvgIpc) is 2.52. The zero-order valence-corrected chi connectivity index (χ0v) is 12.7. The van der Waals surface area contributed by atoms with Gasteiger partial charge >= 0.3 is 0 Å². The molecule has 1 aliphatic heterocycles. The molecule has 4 heteroatoms. The molecule has 1 N–H and O–H groups in total. The van der Waals surface area contributed by atoms with E-state index in [9.17, 15) is 0 Å². The molecule has 1 aliphatic rings. The molecular formula is C14H20BrNO2. The van der Waals surface area contributed by atoms with E-state index < -0.39 is 0 Å². The van der Waals surface area contributed by atoms with E-state index in [1.54, 1.807) is 7.11 Å². The molecule has 0 spiro atoms. The lowest BCUT2D eigenvalue weighted by Gasteiger charge is -2.21. The van der Waals surface area contributed by atoms with Crippen LogP contribution in [0.2, 0.25) is 0 Å². The van der Waals surface area contributed by atoms with E-state index in [1.165, 1.54) is 11.1 Å². The molecule has 1 unspecified atom stereocenters. The van der Waals surface area contributed by atoms with Gasteiger partial charge in [-0.2, -0.15) is 5.48 Å². The maximum absolute atomic E-state index is 5.96. The fourth-order valence-corrected chi connectivity index (χ4v) is 2.87. The van der Waals surface area contributed by atoms with Crippen LogP contribution in [0.5, 0.6) is 5.75 Å². The van der Waals surface area contributed by atoms with Crippen molar-refractivity contribution >= 4 is 15.9 Å². The van der Waals surface area contributed by atoms with Crippen molar-refractivity contribution in [2.75, 3.05) is 13.7 Å². The lowest BCUT2D eigenvalue weighted by atomic mass is 9.95. The Hall–Kier alpha value is -0.580. The molecule has 1 heterocycles. The van der Waals surface area contributed by atoms with Crippen molar-refractivity contribution in [2.45, 2.75) is 38.6 Å². The molecule has 1 aromatic carbocycles. The maximum Gasteiger partial charge on any atom is 0.127 e. The number of halogens is 1. The number of ether oxygens (including phenoxy) is 1. The Morgan fingerprint density at radius 3 is 2.89 bits per heavy atom. The second-order valence-electron chi connectivity index (χ2n) is 4.93. The standard InChI is InChI=1S/C14H20BrNO2/c1-9(2)11-7-10(15)8-12-13(16-17-3)5-4-6-18-14(11)12/h7-9,13,16H,4-6H2,1-3H3. The van der Waals surface area contributed by atoms with Gasteiger partial charge in [0.15, 0.2) is 0 Å². The van der Waals surface area contributed by atoms with Gasteiger partial charge in [-0.3, -0.25) is 0 Å². The Morgan fingerprint density at radius 1 is 1.44 bits per heavy atom. The van der Waals surface area contributed by atoms with Crippen molar-refractivity contribution in [2.24, 2.45) is 0 Å². The third-order valence-electron chi connectivity index (χ3n) is 3.25. The van der Waals surface area contributed by atoms with Gasteiger partial charge in [-0.05, 0) is 36.5 Å². The van der Waals surface area contributed by atoms with Gasteiger partial charge in [0, 0.05) is 10.0 Å². The average molecular weight is 314 g/mol. The molecule has 3 nitrogen and oxygen atoms in total. The Kier molecular flexibility index (Phi) is 4.65. The van der Waals surface area contributed by atoms with E-state index in [2.05, 4.69) is 47.4 Å². The second kappa shape index (κ2) is 6.04. The first-order valence-corrected chi connectivity index (χ1v) is 7.17. The Bertz CT molecular complexity index is 421. The van der Waals surface area contributed by atoms with Crippen LogP contribution in [0.1, 0.15) is 49.8 Å². The van der Waals surface area contributed by atoms with E-state index >= 15 is 0 Å². The van der Waals surface area contributed by atoms with Crippen LogP contribution in [0.3, 0.4) is 0 Å². The fraction of sp³-hybridized carbons (Fsp3) is 0.571. The molecule has 1 atom stereocenters. The Balaban J connectivity index is 2.49. The molecule has 0 radical (unpaired) electrons. The summed E-state index contributed by atoms with van der Waals surface area (Å²) in [5.41, 5.74) is 5.51. The molecule has 0 aromatic heterocycles. The molecule has 0 amide bonds. The summed E-state index contributed by atoms with van der Waals surface area (Å²) in [4.78, 5) is 5.11.